The number of thiazole rings is 1. The zero-order chi connectivity index (χ0) is 8.10. The maximum atomic E-state index is 4.34. The molecule has 0 aliphatic carbocycles. The second-order valence-corrected chi connectivity index (χ2v) is 4.41. The van der Waals surface area contributed by atoms with Crippen LogP contribution in [0.3, 0.4) is 0 Å². The van der Waals surface area contributed by atoms with Crippen molar-refractivity contribution in [3.05, 3.63) is 11.1 Å². The van der Waals surface area contributed by atoms with Crippen molar-refractivity contribution in [1.82, 2.24) is 10.3 Å². The fourth-order valence-corrected chi connectivity index (χ4v) is 2.52. The van der Waals surface area contributed by atoms with Gasteiger partial charge in [0, 0.05) is 23.4 Å². The van der Waals surface area contributed by atoms with Gasteiger partial charge in [-0.3, -0.25) is 0 Å². The Labute approximate surface area is 75.4 Å². The third kappa shape index (κ3) is 3.22. The molecular weight excluding hydrogens is 176 g/mol. The summed E-state index contributed by atoms with van der Waals surface area (Å²) in [4.78, 5) is 4.34. The van der Waals surface area contributed by atoms with Crippen LogP contribution in [0.5, 0.6) is 0 Å². The summed E-state index contributed by atoms with van der Waals surface area (Å²) in [5, 5.41) is 5.19. The number of thioether (sulfide) groups is 1. The molecular formula is C7H12N2S2. The molecule has 0 amide bonds. The first-order valence-electron chi connectivity index (χ1n) is 3.52. The van der Waals surface area contributed by atoms with Crippen molar-refractivity contribution < 1.29 is 0 Å². The van der Waals surface area contributed by atoms with Crippen LogP contribution in [0.1, 0.15) is 5.69 Å². The minimum atomic E-state index is 1.04. The van der Waals surface area contributed by atoms with Gasteiger partial charge in [0.05, 0.1) is 0 Å². The molecule has 0 aliphatic rings. The quantitative estimate of drug-likeness (QED) is 0.576. The lowest BCUT2D eigenvalue weighted by Crippen LogP contribution is -2.09. The largest absolute Gasteiger partial charge is 0.319 e. The monoisotopic (exact) mass is 188 g/mol. The van der Waals surface area contributed by atoms with E-state index in [9.17, 15) is 0 Å². The van der Waals surface area contributed by atoms with Gasteiger partial charge in [-0.1, -0.05) is 11.8 Å². The number of nitrogens with one attached hydrogen (secondary N) is 1. The number of hydrogen-bond donors (Lipinski definition) is 1. The Kier molecular flexibility index (Phi) is 3.90. The Bertz CT molecular complexity index is 210. The molecule has 0 fully saturated rings. The van der Waals surface area contributed by atoms with Crippen LogP contribution in [0.15, 0.2) is 9.72 Å². The van der Waals surface area contributed by atoms with Gasteiger partial charge in [0.15, 0.2) is 0 Å². The lowest BCUT2D eigenvalue weighted by atomic mass is 10.6. The van der Waals surface area contributed by atoms with E-state index < -0.39 is 0 Å². The topological polar surface area (TPSA) is 24.9 Å². The smallest absolute Gasteiger partial charge is 0.150 e. The third-order valence-corrected chi connectivity index (χ3v) is 3.32. The summed E-state index contributed by atoms with van der Waals surface area (Å²) >= 11 is 3.53. The van der Waals surface area contributed by atoms with Crippen molar-refractivity contribution in [3.63, 3.8) is 0 Å². The van der Waals surface area contributed by atoms with E-state index in [4.69, 9.17) is 0 Å². The molecule has 1 aromatic heterocycles. The molecule has 0 aromatic carbocycles. The Hall–Kier alpha value is -0.0600. The van der Waals surface area contributed by atoms with Crippen LogP contribution in [-0.4, -0.2) is 24.3 Å². The minimum Gasteiger partial charge on any atom is -0.319 e. The van der Waals surface area contributed by atoms with Crippen LogP contribution in [-0.2, 0) is 0 Å². The van der Waals surface area contributed by atoms with E-state index in [-0.39, 0.29) is 0 Å². The van der Waals surface area contributed by atoms with Gasteiger partial charge in [-0.25, -0.2) is 4.98 Å². The molecule has 1 rings (SSSR count). The Morgan fingerprint density at radius 1 is 1.73 bits per heavy atom. The number of rotatable bonds is 4. The van der Waals surface area contributed by atoms with Crippen LogP contribution >= 0.6 is 23.1 Å². The van der Waals surface area contributed by atoms with Gasteiger partial charge in [-0.05, 0) is 14.0 Å². The maximum Gasteiger partial charge on any atom is 0.150 e. The van der Waals surface area contributed by atoms with Crippen LogP contribution in [0, 0.1) is 6.92 Å². The van der Waals surface area contributed by atoms with Crippen molar-refractivity contribution >= 4 is 23.1 Å². The number of hydrogen-bond acceptors (Lipinski definition) is 4. The molecule has 2 nitrogen and oxygen atoms in total. The predicted octanol–water partition coefficient (Wildman–Crippen LogP) is 1.76. The zero-order valence-corrected chi connectivity index (χ0v) is 8.39. The van der Waals surface area contributed by atoms with E-state index in [1.54, 1.807) is 11.3 Å². The summed E-state index contributed by atoms with van der Waals surface area (Å²) in [6.07, 6.45) is 0. The molecule has 0 spiro atoms. The summed E-state index contributed by atoms with van der Waals surface area (Å²) in [6.45, 7) is 3.07. The summed E-state index contributed by atoms with van der Waals surface area (Å²) < 4.78 is 1.18. The van der Waals surface area contributed by atoms with E-state index in [1.165, 1.54) is 4.34 Å². The third-order valence-electron chi connectivity index (χ3n) is 1.18. The van der Waals surface area contributed by atoms with Crippen LogP contribution < -0.4 is 5.32 Å². The van der Waals surface area contributed by atoms with E-state index >= 15 is 0 Å². The van der Waals surface area contributed by atoms with Crippen molar-refractivity contribution in [2.45, 2.75) is 11.3 Å². The first kappa shape index (κ1) is 9.03. The normalized spacial score (nSPS) is 10.4. The van der Waals surface area contributed by atoms with Gasteiger partial charge in [-0.2, -0.15) is 0 Å². The first-order valence-corrected chi connectivity index (χ1v) is 5.39. The predicted molar refractivity (Wildman–Crippen MR) is 51.5 cm³/mol. The fraction of sp³-hybridized carbons (Fsp3) is 0.571. The van der Waals surface area contributed by atoms with E-state index in [0.29, 0.717) is 0 Å². The first-order chi connectivity index (χ1) is 5.33. The molecule has 0 saturated heterocycles. The van der Waals surface area contributed by atoms with Crippen molar-refractivity contribution in [1.29, 1.82) is 0 Å². The van der Waals surface area contributed by atoms with Gasteiger partial charge in [0.1, 0.15) is 4.34 Å². The average Bonchev–Trinajstić information content (AvgIpc) is 2.37. The standard InChI is InChI=1S/C7H12N2S2/c1-6-5-11-7(9-6)10-4-3-8-2/h5,8H,3-4H2,1-2H3. The second-order valence-electron chi connectivity index (χ2n) is 2.21. The lowest BCUT2D eigenvalue weighted by Gasteiger charge is -1.94. The number of aryl methyl sites for hydroxylation is 1. The van der Waals surface area contributed by atoms with Gasteiger partial charge in [0.2, 0.25) is 0 Å². The van der Waals surface area contributed by atoms with Crippen LogP contribution in [0.25, 0.3) is 0 Å². The van der Waals surface area contributed by atoms with E-state index in [1.807, 2.05) is 25.7 Å². The van der Waals surface area contributed by atoms with Gasteiger partial charge in [0.25, 0.3) is 0 Å². The molecule has 1 aromatic rings. The van der Waals surface area contributed by atoms with Crippen LogP contribution in [0.2, 0.25) is 0 Å². The average molecular weight is 188 g/mol. The van der Waals surface area contributed by atoms with Crippen LogP contribution in [0.4, 0.5) is 0 Å². The van der Waals surface area contributed by atoms with Crippen molar-refractivity contribution in [2.75, 3.05) is 19.3 Å². The summed E-state index contributed by atoms with van der Waals surface area (Å²) in [5.74, 6) is 1.10. The highest BCUT2D eigenvalue weighted by Gasteiger charge is 1.97. The minimum absolute atomic E-state index is 1.04. The molecule has 0 unspecified atom stereocenters. The fourth-order valence-electron chi connectivity index (χ4n) is 0.639. The Balaban J connectivity index is 2.27. The molecule has 0 aliphatic heterocycles. The van der Waals surface area contributed by atoms with E-state index in [2.05, 4.69) is 15.7 Å². The summed E-state index contributed by atoms with van der Waals surface area (Å²) in [6, 6.07) is 0. The molecule has 0 saturated carbocycles. The van der Waals surface area contributed by atoms with Gasteiger partial charge < -0.3 is 5.32 Å². The second kappa shape index (κ2) is 4.74. The zero-order valence-electron chi connectivity index (χ0n) is 6.76. The molecule has 0 radical (unpaired) electrons. The number of aromatic nitrogens is 1. The molecule has 4 heteroatoms. The maximum absolute atomic E-state index is 4.34. The summed E-state index contributed by atoms with van der Waals surface area (Å²) in [5.41, 5.74) is 1.13. The van der Waals surface area contributed by atoms with Crippen molar-refractivity contribution in [3.8, 4) is 0 Å². The van der Waals surface area contributed by atoms with Gasteiger partial charge >= 0.3 is 0 Å². The van der Waals surface area contributed by atoms with Crippen molar-refractivity contribution in [2.24, 2.45) is 0 Å². The SMILES string of the molecule is CNCCSc1nc(C)cs1. The molecule has 62 valence electrons. The lowest BCUT2D eigenvalue weighted by molar-refractivity contribution is 0.871. The highest BCUT2D eigenvalue weighted by molar-refractivity contribution is 8.01. The Morgan fingerprint density at radius 2 is 2.55 bits per heavy atom. The molecule has 1 N–H and O–H groups in total. The number of nitrogens with zero attached hydrogens (tertiary/aromatic N) is 1. The van der Waals surface area contributed by atoms with E-state index in [0.717, 1.165) is 18.0 Å². The Morgan fingerprint density at radius 3 is 3.09 bits per heavy atom. The molecule has 0 atom stereocenters. The molecule has 0 bridgehead atoms. The van der Waals surface area contributed by atoms with Gasteiger partial charge in [-0.15, -0.1) is 11.3 Å². The molecule has 1 heterocycles. The highest BCUT2D eigenvalue weighted by atomic mass is 32.2. The molecule has 11 heavy (non-hydrogen) atoms. The highest BCUT2D eigenvalue weighted by Crippen LogP contribution is 2.21. The summed E-state index contributed by atoms with van der Waals surface area (Å²) in [7, 11) is 1.97.